The molecule has 2 aromatic heterocycles. The van der Waals surface area contributed by atoms with Crippen LogP contribution in [0.15, 0.2) is 17.6 Å². The van der Waals surface area contributed by atoms with E-state index in [-0.39, 0.29) is 5.91 Å². The summed E-state index contributed by atoms with van der Waals surface area (Å²) < 4.78 is 1.93. The molecule has 18 heavy (non-hydrogen) atoms. The van der Waals surface area contributed by atoms with Gasteiger partial charge in [-0.2, -0.15) is 0 Å². The molecule has 0 atom stereocenters. The highest BCUT2D eigenvalue weighted by Crippen LogP contribution is 2.17. The standard InChI is InChI=1S/C10H13N5OS2/c1-7-13-14-9(18-7)12-8(16)3-6-17-10-11-4-5-15(10)2/h4-5H,3,6H2,1-2H3,(H,12,14,16). The molecule has 8 heteroatoms. The molecule has 0 aliphatic heterocycles. The summed E-state index contributed by atoms with van der Waals surface area (Å²) in [6, 6.07) is 0. The third kappa shape index (κ3) is 3.54. The number of nitrogens with zero attached hydrogens (tertiary/aromatic N) is 4. The molecular formula is C10H13N5OS2. The molecule has 2 rings (SSSR count). The van der Waals surface area contributed by atoms with Gasteiger partial charge in [0.2, 0.25) is 11.0 Å². The van der Waals surface area contributed by atoms with Crippen molar-refractivity contribution < 1.29 is 4.79 Å². The average molecular weight is 283 g/mol. The van der Waals surface area contributed by atoms with Crippen molar-refractivity contribution in [1.29, 1.82) is 0 Å². The van der Waals surface area contributed by atoms with Gasteiger partial charge in [0.05, 0.1) is 0 Å². The molecule has 6 nitrogen and oxygen atoms in total. The summed E-state index contributed by atoms with van der Waals surface area (Å²) in [5.74, 6) is 0.641. The number of nitrogens with one attached hydrogen (secondary N) is 1. The predicted octanol–water partition coefficient (Wildman–Crippen LogP) is 1.70. The first kappa shape index (κ1) is 13.0. The lowest BCUT2D eigenvalue weighted by atomic mass is 10.5. The SMILES string of the molecule is Cc1nnc(NC(=O)CCSc2nccn2C)s1. The molecule has 2 aromatic rings. The topological polar surface area (TPSA) is 72.7 Å². The van der Waals surface area contributed by atoms with Gasteiger partial charge in [-0.15, -0.1) is 10.2 Å². The molecule has 0 radical (unpaired) electrons. The second-order valence-electron chi connectivity index (χ2n) is 3.59. The normalized spacial score (nSPS) is 10.6. The van der Waals surface area contributed by atoms with E-state index in [4.69, 9.17) is 0 Å². The van der Waals surface area contributed by atoms with Gasteiger partial charge in [-0.05, 0) is 6.92 Å². The Balaban J connectivity index is 1.74. The van der Waals surface area contributed by atoms with E-state index in [0.29, 0.717) is 17.3 Å². The minimum atomic E-state index is -0.0483. The summed E-state index contributed by atoms with van der Waals surface area (Å²) >= 11 is 2.93. The van der Waals surface area contributed by atoms with Crippen LogP contribution in [0.5, 0.6) is 0 Å². The molecule has 1 N–H and O–H groups in total. The van der Waals surface area contributed by atoms with Gasteiger partial charge in [0, 0.05) is 31.6 Å². The van der Waals surface area contributed by atoms with Crippen LogP contribution in [0, 0.1) is 6.92 Å². The molecule has 1 amide bonds. The van der Waals surface area contributed by atoms with E-state index in [1.165, 1.54) is 11.3 Å². The highest BCUT2D eigenvalue weighted by Gasteiger charge is 2.07. The van der Waals surface area contributed by atoms with Crippen LogP contribution in [0.1, 0.15) is 11.4 Å². The summed E-state index contributed by atoms with van der Waals surface area (Å²) in [7, 11) is 1.93. The smallest absolute Gasteiger partial charge is 0.227 e. The Morgan fingerprint density at radius 3 is 3.00 bits per heavy atom. The van der Waals surface area contributed by atoms with E-state index < -0.39 is 0 Å². The van der Waals surface area contributed by atoms with Crippen LogP contribution in [0.4, 0.5) is 5.13 Å². The van der Waals surface area contributed by atoms with E-state index in [1.807, 2.05) is 24.7 Å². The lowest BCUT2D eigenvalue weighted by molar-refractivity contribution is -0.115. The van der Waals surface area contributed by atoms with Gasteiger partial charge in [0.15, 0.2) is 5.16 Å². The maximum atomic E-state index is 11.6. The number of hydrogen-bond acceptors (Lipinski definition) is 6. The lowest BCUT2D eigenvalue weighted by Gasteiger charge is -2.01. The molecule has 0 aliphatic rings. The second-order valence-corrected chi connectivity index (χ2v) is 5.84. The van der Waals surface area contributed by atoms with Crippen LogP contribution < -0.4 is 5.32 Å². The van der Waals surface area contributed by atoms with Crippen LogP contribution >= 0.6 is 23.1 Å². The zero-order valence-electron chi connectivity index (χ0n) is 10.1. The van der Waals surface area contributed by atoms with Crippen molar-refractivity contribution in [3.05, 3.63) is 17.4 Å². The van der Waals surface area contributed by atoms with Crippen molar-refractivity contribution in [3.63, 3.8) is 0 Å². The molecule has 0 bridgehead atoms. The van der Waals surface area contributed by atoms with Crippen LogP contribution in [0.3, 0.4) is 0 Å². The van der Waals surface area contributed by atoms with Crippen LogP contribution in [0.2, 0.25) is 0 Å². The van der Waals surface area contributed by atoms with Gasteiger partial charge in [-0.3, -0.25) is 4.79 Å². The monoisotopic (exact) mass is 283 g/mol. The Kier molecular flexibility index (Phi) is 4.32. The highest BCUT2D eigenvalue weighted by atomic mass is 32.2. The van der Waals surface area contributed by atoms with E-state index >= 15 is 0 Å². The lowest BCUT2D eigenvalue weighted by Crippen LogP contribution is -2.12. The van der Waals surface area contributed by atoms with Gasteiger partial charge >= 0.3 is 0 Å². The van der Waals surface area contributed by atoms with E-state index in [2.05, 4.69) is 20.5 Å². The molecule has 0 fully saturated rings. The molecule has 2 heterocycles. The number of aromatic nitrogens is 4. The van der Waals surface area contributed by atoms with E-state index in [9.17, 15) is 4.79 Å². The van der Waals surface area contributed by atoms with Crippen LogP contribution in [0.25, 0.3) is 0 Å². The van der Waals surface area contributed by atoms with E-state index in [1.54, 1.807) is 18.0 Å². The zero-order chi connectivity index (χ0) is 13.0. The number of carbonyl (C=O) groups excluding carboxylic acids is 1. The molecule has 0 aromatic carbocycles. The first-order valence-corrected chi connectivity index (χ1v) is 7.15. The number of anilines is 1. The molecule has 0 aliphatic carbocycles. The number of aryl methyl sites for hydroxylation is 2. The van der Waals surface area contributed by atoms with Gasteiger partial charge < -0.3 is 9.88 Å². The van der Waals surface area contributed by atoms with Gasteiger partial charge in [-0.25, -0.2) is 4.98 Å². The number of thioether (sulfide) groups is 1. The highest BCUT2D eigenvalue weighted by molar-refractivity contribution is 7.99. The largest absolute Gasteiger partial charge is 0.329 e. The number of hydrogen-bond donors (Lipinski definition) is 1. The second kappa shape index (κ2) is 5.96. The van der Waals surface area contributed by atoms with Crippen molar-refractivity contribution in [1.82, 2.24) is 19.7 Å². The maximum Gasteiger partial charge on any atom is 0.227 e. The van der Waals surface area contributed by atoms with Gasteiger partial charge in [-0.1, -0.05) is 23.1 Å². The third-order valence-corrected chi connectivity index (χ3v) is 3.92. The Hall–Kier alpha value is -1.41. The number of imidazole rings is 1. The Morgan fingerprint density at radius 1 is 1.56 bits per heavy atom. The third-order valence-electron chi connectivity index (χ3n) is 2.11. The van der Waals surface area contributed by atoms with Crippen molar-refractivity contribution in [3.8, 4) is 0 Å². The van der Waals surface area contributed by atoms with Crippen molar-refractivity contribution >= 4 is 34.1 Å². The summed E-state index contributed by atoms with van der Waals surface area (Å²) in [5.41, 5.74) is 0. The fourth-order valence-electron chi connectivity index (χ4n) is 1.25. The van der Waals surface area contributed by atoms with Crippen LogP contribution in [-0.4, -0.2) is 31.4 Å². The Bertz CT molecular complexity index is 536. The van der Waals surface area contributed by atoms with Gasteiger partial charge in [0.1, 0.15) is 5.01 Å². The zero-order valence-corrected chi connectivity index (χ0v) is 11.7. The Morgan fingerprint density at radius 2 is 2.39 bits per heavy atom. The number of rotatable bonds is 5. The number of carbonyl (C=O) groups is 1. The fourth-order valence-corrected chi connectivity index (χ4v) is 2.73. The van der Waals surface area contributed by atoms with E-state index in [0.717, 1.165) is 10.2 Å². The van der Waals surface area contributed by atoms with Crippen molar-refractivity contribution in [2.24, 2.45) is 7.05 Å². The molecule has 0 unspecified atom stereocenters. The molecule has 0 saturated carbocycles. The minimum Gasteiger partial charge on any atom is -0.329 e. The Labute approximate surface area is 113 Å². The molecule has 96 valence electrons. The van der Waals surface area contributed by atoms with Gasteiger partial charge in [0.25, 0.3) is 0 Å². The van der Waals surface area contributed by atoms with Crippen molar-refractivity contribution in [2.45, 2.75) is 18.5 Å². The quantitative estimate of drug-likeness (QED) is 0.846. The molecule has 0 spiro atoms. The fraction of sp³-hybridized carbons (Fsp3) is 0.400. The van der Waals surface area contributed by atoms with Crippen LogP contribution in [-0.2, 0) is 11.8 Å². The summed E-state index contributed by atoms with van der Waals surface area (Å²) in [5, 5.41) is 12.7. The molecular weight excluding hydrogens is 270 g/mol. The summed E-state index contributed by atoms with van der Waals surface area (Å²) in [6.07, 6.45) is 4.05. The maximum absolute atomic E-state index is 11.6. The predicted molar refractivity (Wildman–Crippen MR) is 71.8 cm³/mol. The first-order valence-electron chi connectivity index (χ1n) is 5.35. The summed E-state index contributed by atoms with van der Waals surface area (Å²) in [4.78, 5) is 15.8. The first-order chi connectivity index (χ1) is 8.65. The van der Waals surface area contributed by atoms with Crippen molar-refractivity contribution in [2.75, 3.05) is 11.1 Å². The average Bonchev–Trinajstić information content (AvgIpc) is 2.89. The number of amides is 1. The summed E-state index contributed by atoms with van der Waals surface area (Å²) in [6.45, 7) is 1.85. The minimum absolute atomic E-state index is 0.0483. The molecule has 0 saturated heterocycles.